The molecule has 42 heavy (non-hydrogen) atoms. The Balaban J connectivity index is 0.000000640. The molecule has 0 saturated heterocycles. The summed E-state index contributed by atoms with van der Waals surface area (Å²) in [5, 5.41) is 0. The number of amides is 2. The van der Waals surface area contributed by atoms with Gasteiger partial charge in [0, 0.05) is 19.7 Å². The molecule has 2 atom stereocenters. The maximum Gasteiger partial charge on any atom is 2.00 e. The fraction of sp³-hybridized carbons (Fsp3) is 0.0800. The first-order valence-corrected chi connectivity index (χ1v) is 14.6. The van der Waals surface area contributed by atoms with Gasteiger partial charge in [0.05, 0.1) is 42.2 Å². The van der Waals surface area contributed by atoms with E-state index in [9.17, 15) is 19.2 Å². The van der Waals surface area contributed by atoms with Gasteiger partial charge in [-0.25, -0.2) is 25.6 Å². The number of imidazole rings is 1. The van der Waals surface area contributed by atoms with Crippen molar-refractivity contribution < 1.29 is 65.8 Å². The van der Waals surface area contributed by atoms with Gasteiger partial charge in [0.25, 0.3) is 0 Å². The zero-order chi connectivity index (χ0) is 29.1. The van der Waals surface area contributed by atoms with E-state index in [1.165, 1.54) is 24.7 Å². The molecule has 5 aromatic rings. The molecule has 0 aliphatic rings. The molecule has 2 radical (unpaired) electrons. The van der Waals surface area contributed by atoms with Crippen LogP contribution >= 0.6 is 39.8 Å². The summed E-state index contributed by atoms with van der Waals surface area (Å²) < 4.78 is 10.1. The van der Waals surface area contributed by atoms with Gasteiger partial charge in [0.15, 0.2) is 0 Å². The Kier molecular flexibility index (Phi) is 16.6. The smallest absolute Gasteiger partial charge is 0.632 e. The van der Waals surface area contributed by atoms with Crippen LogP contribution in [-0.4, -0.2) is 53.4 Å². The molecular formula is C25H21N5O6P2S2V2. The number of H-pyrrole nitrogens is 2. The third-order valence-corrected chi connectivity index (χ3v) is 8.57. The van der Waals surface area contributed by atoms with E-state index in [1.807, 2.05) is 24.2 Å². The maximum absolute atomic E-state index is 10.6. The molecule has 2 unspecified atom stereocenters. The van der Waals surface area contributed by atoms with Gasteiger partial charge < -0.3 is 40.5 Å². The van der Waals surface area contributed by atoms with Crippen molar-refractivity contribution in [3.05, 3.63) is 66.2 Å². The molecule has 11 nitrogen and oxygen atoms in total. The van der Waals surface area contributed by atoms with Crippen LogP contribution in [0.5, 0.6) is 0 Å². The van der Waals surface area contributed by atoms with Crippen LogP contribution in [0.25, 0.3) is 53.1 Å². The van der Waals surface area contributed by atoms with Crippen LogP contribution in [-0.2, 0) is 56.2 Å². The molecular weight excluding hydrogens is 694 g/mol. The number of fused-ring (bicyclic) bond motifs is 1. The number of carbonyl (C=O) groups is 2. The fourth-order valence-electron chi connectivity index (χ4n) is 3.17. The number of hydrogen-bond acceptors (Lipinski definition) is 9. The summed E-state index contributed by atoms with van der Waals surface area (Å²) in [6.07, 6.45) is -0.244. The molecule has 5 rings (SSSR count). The first-order chi connectivity index (χ1) is 19.3. The zero-order valence-corrected chi connectivity index (χ0v) is 28.2. The van der Waals surface area contributed by atoms with Gasteiger partial charge in [-0.1, -0.05) is 24.3 Å². The Hall–Kier alpha value is -2.72. The molecule has 0 fully saturated rings. The number of hydrogen-bond donors (Lipinski definition) is 2. The average molecular weight is 715 g/mol. The Labute approximate surface area is 276 Å². The molecule has 0 aliphatic heterocycles. The second kappa shape index (κ2) is 18.7. The van der Waals surface area contributed by atoms with Gasteiger partial charge in [-0.2, -0.15) is 8.58 Å². The van der Waals surface area contributed by atoms with Gasteiger partial charge in [-0.05, 0) is 35.4 Å². The van der Waals surface area contributed by atoms with E-state index in [0.717, 1.165) is 36.6 Å². The van der Waals surface area contributed by atoms with Crippen molar-refractivity contribution in [2.45, 2.75) is 0 Å². The van der Waals surface area contributed by atoms with Crippen LogP contribution in [0.15, 0.2) is 54.7 Å². The first kappa shape index (κ1) is 37.3. The number of nitrogens with one attached hydrogen (secondary N) is 4. The molecule has 2 amide bonds. The summed E-state index contributed by atoms with van der Waals surface area (Å²) >= 11 is 3.51. The summed E-state index contributed by atoms with van der Waals surface area (Å²) in [5.41, 5.74) is 17.6. The fourth-order valence-corrected chi connectivity index (χ4v) is 6.45. The third kappa shape index (κ3) is 10.8. The third-order valence-electron chi connectivity index (χ3n) is 4.94. The molecule has 214 valence electrons. The predicted molar refractivity (Wildman–Crippen MR) is 163 cm³/mol. The number of benzene rings is 1. The summed E-state index contributed by atoms with van der Waals surface area (Å²) in [5.74, 6) is 0. The van der Waals surface area contributed by atoms with Crippen LogP contribution in [0.3, 0.4) is 0 Å². The molecule has 0 spiro atoms. The number of nitrogens with zero attached hydrogens (tertiary/aromatic N) is 1. The van der Waals surface area contributed by atoms with Gasteiger partial charge in [0.2, 0.25) is 12.2 Å². The Morgan fingerprint density at radius 2 is 1.31 bits per heavy atom. The van der Waals surface area contributed by atoms with Crippen molar-refractivity contribution in [3.8, 4) is 32.3 Å². The maximum atomic E-state index is 10.6. The predicted octanol–water partition coefficient (Wildman–Crippen LogP) is 6.36. The monoisotopic (exact) mass is 715 g/mol. The number of aromatic nitrogens is 3. The van der Waals surface area contributed by atoms with E-state index in [1.54, 1.807) is 28.9 Å². The van der Waals surface area contributed by atoms with E-state index in [0.29, 0.717) is 5.57 Å². The van der Waals surface area contributed by atoms with Gasteiger partial charge >= 0.3 is 37.1 Å². The minimum atomic E-state index is -0.995. The van der Waals surface area contributed by atoms with Crippen molar-refractivity contribution in [2.24, 2.45) is 0 Å². The van der Waals surface area contributed by atoms with E-state index in [-0.39, 0.29) is 54.3 Å². The second-order valence-corrected chi connectivity index (χ2v) is 11.5. The Morgan fingerprint density at radius 3 is 1.86 bits per heavy atom. The zero-order valence-electron chi connectivity index (χ0n) is 21.8. The number of carbonyl (C=O) groups excluding carboxylic acids is 4. The van der Waals surface area contributed by atoms with E-state index < -0.39 is 12.2 Å². The molecule has 4 N–H and O–H groups in total. The number of methoxy groups -OCH3 is 2. The molecule has 4 aromatic heterocycles. The van der Waals surface area contributed by atoms with E-state index in [4.69, 9.17) is 11.5 Å². The van der Waals surface area contributed by atoms with Crippen LogP contribution in [0, 0.1) is 0 Å². The molecule has 0 bridgehead atoms. The van der Waals surface area contributed by atoms with Crippen LogP contribution in [0.2, 0.25) is 0 Å². The number of rotatable bonds is 7. The number of ether oxygens (including phenoxy) is 2. The van der Waals surface area contributed by atoms with Crippen LogP contribution < -0.4 is 11.0 Å². The van der Waals surface area contributed by atoms with Crippen molar-refractivity contribution in [2.75, 3.05) is 14.2 Å². The van der Waals surface area contributed by atoms with Gasteiger partial charge in [0.1, 0.15) is 0 Å². The van der Waals surface area contributed by atoms with E-state index >= 15 is 0 Å². The largest absolute Gasteiger partial charge is 2.00 e. The normalized spacial score (nSPS) is 10.1. The Morgan fingerprint density at radius 1 is 0.786 bits per heavy atom. The van der Waals surface area contributed by atoms with Gasteiger partial charge in [-0.3, -0.25) is 9.59 Å². The van der Waals surface area contributed by atoms with Crippen molar-refractivity contribution >= 4 is 84.5 Å². The summed E-state index contributed by atoms with van der Waals surface area (Å²) in [7, 11) is 2.29. The quantitative estimate of drug-likeness (QED) is 0.145. The van der Waals surface area contributed by atoms with Crippen molar-refractivity contribution in [1.82, 2.24) is 15.0 Å². The molecule has 0 saturated carbocycles. The standard InChI is InChI=1S/C21H13N3O2P2S2.2C2H5NO2.2V/c25-10-27-20-6-5-14(23-20)17-8-19-18(30-17)7-16(29-19)13-3-1-12(2-4-13)15-9-22-21(24-15)28-11-26;2*1-5-2(3)4;;/h1-9,23,27-28H,(H,22,24);2*1H3,(H2,3,4);;/q-2;;;2*+2/p-2. The number of aromatic amines is 2. The number of thiophene rings is 2. The molecule has 4 heterocycles. The molecule has 1 aromatic carbocycles. The summed E-state index contributed by atoms with van der Waals surface area (Å²) in [6.45, 7) is 0. The summed E-state index contributed by atoms with van der Waals surface area (Å²) in [4.78, 5) is 52.7. The average Bonchev–Trinajstić information content (AvgIpc) is 3.74. The van der Waals surface area contributed by atoms with Gasteiger partial charge in [-0.15, -0.1) is 22.7 Å². The SMILES string of the molecule is COC([NH-])=O.COC([NH-])=O.O=[C-]Pc1ccc(-c2cc3sc(-c4ccc(-c5cnc(P[C-]=O)[nH]5)cc4)cc3s2)[nH]1.[V+2].[V+2]. The minimum Gasteiger partial charge on any atom is -0.632 e. The van der Waals surface area contributed by atoms with Crippen LogP contribution in [0.4, 0.5) is 9.59 Å². The van der Waals surface area contributed by atoms with Crippen molar-refractivity contribution in [3.63, 3.8) is 0 Å². The van der Waals surface area contributed by atoms with Crippen molar-refractivity contribution in [1.29, 1.82) is 0 Å². The van der Waals surface area contributed by atoms with E-state index in [2.05, 4.69) is 60.8 Å². The second-order valence-electron chi connectivity index (χ2n) is 7.40. The Bertz CT molecular complexity index is 1560. The molecule has 0 aliphatic carbocycles. The van der Waals surface area contributed by atoms with Crippen LogP contribution in [0.1, 0.15) is 0 Å². The summed E-state index contributed by atoms with van der Waals surface area (Å²) in [6, 6.07) is 20.5. The first-order valence-electron chi connectivity index (χ1n) is 11.0. The minimum absolute atomic E-state index is 0. The molecule has 17 heteroatoms. The topological polar surface area (TPSA) is 179 Å².